The summed E-state index contributed by atoms with van der Waals surface area (Å²) in [4.78, 5) is 35.9. The van der Waals surface area contributed by atoms with Crippen molar-refractivity contribution in [2.75, 3.05) is 6.61 Å². The molecule has 1 atom stereocenters. The topological polar surface area (TPSA) is 93.7 Å². The molecule has 26 heavy (non-hydrogen) atoms. The fraction of sp³-hybridized carbons (Fsp3) is 0.526. The second-order valence-electron chi connectivity index (χ2n) is 7.47. The number of esters is 1. The molecule has 1 aromatic rings. The second kappa shape index (κ2) is 9.22. The van der Waals surface area contributed by atoms with Gasteiger partial charge in [-0.3, -0.25) is 10.1 Å². The molecule has 7 nitrogen and oxygen atoms in total. The van der Waals surface area contributed by atoms with E-state index in [1.54, 1.807) is 45.0 Å². The summed E-state index contributed by atoms with van der Waals surface area (Å²) >= 11 is 0. The van der Waals surface area contributed by atoms with Crippen molar-refractivity contribution in [3.63, 3.8) is 0 Å². The number of hydrogen-bond acceptors (Lipinski definition) is 5. The van der Waals surface area contributed by atoms with E-state index in [9.17, 15) is 14.4 Å². The lowest BCUT2D eigenvalue weighted by molar-refractivity contribution is -0.127. The number of carbonyl (C=O) groups is 3. The molecule has 0 bridgehead atoms. The SMILES string of the molecule is CC(C)COc1cccc(C(=O)OC(C)C(=O)NC(=O)NC(C)(C)C)c1. The van der Waals surface area contributed by atoms with Crippen LogP contribution in [0.4, 0.5) is 4.79 Å². The summed E-state index contributed by atoms with van der Waals surface area (Å²) in [5.41, 5.74) is -0.217. The van der Waals surface area contributed by atoms with Gasteiger partial charge in [0.25, 0.3) is 5.91 Å². The van der Waals surface area contributed by atoms with Crippen molar-refractivity contribution >= 4 is 17.9 Å². The van der Waals surface area contributed by atoms with Crippen LogP contribution in [0.1, 0.15) is 51.9 Å². The van der Waals surface area contributed by atoms with Gasteiger partial charge in [-0.1, -0.05) is 19.9 Å². The monoisotopic (exact) mass is 364 g/mol. The van der Waals surface area contributed by atoms with Gasteiger partial charge in [-0.25, -0.2) is 9.59 Å². The van der Waals surface area contributed by atoms with Gasteiger partial charge in [-0.2, -0.15) is 0 Å². The van der Waals surface area contributed by atoms with E-state index < -0.39 is 29.6 Å². The smallest absolute Gasteiger partial charge is 0.339 e. The summed E-state index contributed by atoms with van der Waals surface area (Å²) in [5.74, 6) is -0.463. The predicted octanol–water partition coefficient (Wildman–Crippen LogP) is 2.89. The van der Waals surface area contributed by atoms with Crippen LogP contribution in [0.3, 0.4) is 0 Å². The highest BCUT2D eigenvalue weighted by Crippen LogP contribution is 2.15. The zero-order valence-corrected chi connectivity index (χ0v) is 16.2. The Morgan fingerprint density at radius 1 is 1.12 bits per heavy atom. The van der Waals surface area contributed by atoms with Crippen LogP contribution in [0.15, 0.2) is 24.3 Å². The molecule has 7 heteroatoms. The van der Waals surface area contributed by atoms with Gasteiger partial charge < -0.3 is 14.8 Å². The molecule has 0 heterocycles. The van der Waals surface area contributed by atoms with Gasteiger partial charge in [0, 0.05) is 5.54 Å². The maximum atomic E-state index is 12.2. The van der Waals surface area contributed by atoms with E-state index >= 15 is 0 Å². The summed E-state index contributed by atoms with van der Waals surface area (Å²) in [6.07, 6.45) is -1.12. The highest BCUT2D eigenvalue weighted by molar-refractivity contribution is 5.98. The first-order valence-electron chi connectivity index (χ1n) is 8.55. The number of hydrogen-bond donors (Lipinski definition) is 2. The fourth-order valence-electron chi connectivity index (χ4n) is 1.84. The first kappa shape index (κ1) is 21.5. The summed E-state index contributed by atoms with van der Waals surface area (Å²) in [6.45, 7) is 11.3. The molecule has 0 saturated heterocycles. The first-order valence-corrected chi connectivity index (χ1v) is 8.55. The molecule has 0 aliphatic heterocycles. The van der Waals surface area contributed by atoms with Crippen LogP contribution in [0.25, 0.3) is 0 Å². The average Bonchev–Trinajstić information content (AvgIpc) is 2.51. The molecule has 1 unspecified atom stereocenters. The summed E-state index contributed by atoms with van der Waals surface area (Å²) in [5, 5.41) is 4.74. The van der Waals surface area contributed by atoms with Crippen molar-refractivity contribution in [3.8, 4) is 5.75 Å². The van der Waals surface area contributed by atoms with Crippen molar-refractivity contribution in [2.24, 2.45) is 5.92 Å². The molecule has 1 aromatic carbocycles. The number of amides is 3. The van der Waals surface area contributed by atoms with Gasteiger partial charge in [0.1, 0.15) is 5.75 Å². The zero-order valence-electron chi connectivity index (χ0n) is 16.2. The lowest BCUT2D eigenvalue weighted by Gasteiger charge is -2.21. The van der Waals surface area contributed by atoms with E-state index in [0.717, 1.165) is 0 Å². The van der Waals surface area contributed by atoms with Crippen molar-refractivity contribution in [1.82, 2.24) is 10.6 Å². The van der Waals surface area contributed by atoms with Crippen LogP contribution >= 0.6 is 0 Å². The maximum absolute atomic E-state index is 12.2. The van der Waals surface area contributed by atoms with Gasteiger partial charge in [-0.05, 0) is 51.8 Å². The molecular formula is C19H28N2O5. The lowest BCUT2D eigenvalue weighted by atomic mass is 10.1. The van der Waals surface area contributed by atoms with Crippen LogP contribution in [0.2, 0.25) is 0 Å². The third kappa shape index (κ3) is 8.00. The lowest BCUT2D eigenvalue weighted by Crippen LogP contribution is -2.50. The third-order valence-electron chi connectivity index (χ3n) is 3.03. The number of carbonyl (C=O) groups excluding carboxylic acids is 3. The minimum atomic E-state index is -1.12. The molecule has 0 aromatic heterocycles. The number of rotatable bonds is 6. The quantitative estimate of drug-likeness (QED) is 0.757. The Labute approximate surface area is 154 Å². The molecule has 1 rings (SSSR count). The Balaban J connectivity index is 2.62. The number of imide groups is 1. The zero-order chi connectivity index (χ0) is 19.9. The second-order valence-corrected chi connectivity index (χ2v) is 7.47. The number of ether oxygens (including phenoxy) is 2. The standard InChI is InChI=1S/C19H28N2O5/c1-12(2)11-25-15-9-7-8-14(10-15)17(23)26-13(3)16(22)20-18(24)21-19(4,5)6/h7-10,12-13H,11H2,1-6H3,(H2,20,21,22,24). The normalized spacial score (nSPS) is 12.3. The minimum Gasteiger partial charge on any atom is -0.493 e. The van der Waals surface area contributed by atoms with Gasteiger partial charge >= 0.3 is 12.0 Å². The highest BCUT2D eigenvalue weighted by atomic mass is 16.5. The van der Waals surface area contributed by atoms with Crippen LogP contribution in [-0.4, -0.2) is 36.2 Å². The fourth-order valence-corrected chi connectivity index (χ4v) is 1.84. The molecule has 0 fully saturated rings. The molecule has 3 amide bonds. The largest absolute Gasteiger partial charge is 0.493 e. The van der Waals surface area contributed by atoms with Crippen molar-refractivity contribution < 1.29 is 23.9 Å². The summed E-state index contributed by atoms with van der Waals surface area (Å²) in [7, 11) is 0. The van der Waals surface area contributed by atoms with Crippen molar-refractivity contribution in [3.05, 3.63) is 29.8 Å². The van der Waals surface area contributed by atoms with Crippen LogP contribution in [0, 0.1) is 5.92 Å². The Kier molecular flexibility index (Phi) is 7.61. The average molecular weight is 364 g/mol. The Morgan fingerprint density at radius 2 is 1.77 bits per heavy atom. The molecule has 0 saturated carbocycles. The Morgan fingerprint density at radius 3 is 2.35 bits per heavy atom. The number of urea groups is 1. The highest BCUT2D eigenvalue weighted by Gasteiger charge is 2.22. The molecule has 0 radical (unpaired) electrons. The molecular weight excluding hydrogens is 336 g/mol. The first-order chi connectivity index (χ1) is 12.0. The summed E-state index contributed by atoms with van der Waals surface area (Å²) < 4.78 is 10.7. The van der Waals surface area contributed by atoms with Crippen molar-refractivity contribution in [1.29, 1.82) is 0 Å². The van der Waals surface area contributed by atoms with Crippen LogP contribution in [-0.2, 0) is 9.53 Å². The van der Waals surface area contributed by atoms with E-state index in [1.165, 1.54) is 6.92 Å². The van der Waals surface area contributed by atoms with Crippen LogP contribution < -0.4 is 15.4 Å². The van der Waals surface area contributed by atoms with E-state index in [0.29, 0.717) is 18.3 Å². The van der Waals surface area contributed by atoms with Gasteiger partial charge in [0.15, 0.2) is 6.10 Å². The number of benzene rings is 1. The van der Waals surface area contributed by atoms with Gasteiger partial charge in [-0.15, -0.1) is 0 Å². The Bertz CT molecular complexity index is 650. The van der Waals surface area contributed by atoms with Crippen LogP contribution in [0.5, 0.6) is 5.75 Å². The van der Waals surface area contributed by atoms with Gasteiger partial charge in [0.05, 0.1) is 12.2 Å². The van der Waals surface area contributed by atoms with E-state index in [-0.39, 0.29) is 5.56 Å². The number of nitrogens with one attached hydrogen (secondary N) is 2. The van der Waals surface area contributed by atoms with Crippen molar-refractivity contribution in [2.45, 2.75) is 53.2 Å². The van der Waals surface area contributed by atoms with E-state index in [1.807, 2.05) is 13.8 Å². The van der Waals surface area contributed by atoms with E-state index in [2.05, 4.69) is 10.6 Å². The predicted molar refractivity (Wildman–Crippen MR) is 98.1 cm³/mol. The van der Waals surface area contributed by atoms with Gasteiger partial charge in [0.2, 0.25) is 0 Å². The van der Waals surface area contributed by atoms with E-state index in [4.69, 9.17) is 9.47 Å². The molecule has 2 N–H and O–H groups in total. The minimum absolute atomic E-state index is 0.269. The molecule has 0 spiro atoms. The third-order valence-corrected chi connectivity index (χ3v) is 3.03. The molecule has 0 aliphatic carbocycles. The molecule has 0 aliphatic rings. The molecule has 144 valence electrons. The summed E-state index contributed by atoms with van der Waals surface area (Å²) in [6, 6.07) is 5.90. The maximum Gasteiger partial charge on any atom is 0.339 e. The Hall–Kier alpha value is -2.57.